The van der Waals surface area contributed by atoms with E-state index in [1.165, 1.54) is 19.3 Å². The molecule has 1 amide bonds. The lowest BCUT2D eigenvalue weighted by molar-refractivity contribution is 0.0910. The van der Waals surface area contributed by atoms with Crippen LogP contribution in [0.4, 0.5) is 0 Å². The zero-order valence-electron chi connectivity index (χ0n) is 14.7. The molecule has 134 valence electrons. The van der Waals surface area contributed by atoms with E-state index in [4.69, 9.17) is 9.15 Å². The molecule has 5 heteroatoms. The number of nitrogens with zero attached hydrogens (tertiary/aromatic N) is 1. The Kier molecular flexibility index (Phi) is 6.12. The van der Waals surface area contributed by atoms with Crippen LogP contribution in [0.25, 0.3) is 0 Å². The topological polar surface area (TPSA) is 54.7 Å². The van der Waals surface area contributed by atoms with Gasteiger partial charge in [-0.05, 0) is 57.1 Å². The van der Waals surface area contributed by atoms with E-state index < -0.39 is 0 Å². The van der Waals surface area contributed by atoms with Gasteiger partial charge in [0.25, 0.3) is 5.91 Å². The Morgan fingerprint density at radius 3 is 2.72 bits per heavy atom. The van der Waals surface area contributed by atoms with Crippen LogP contribution in [0.2, 0.25) is 0 Å². The second-order valence-electron chi connectivity index (χ2n) is 6.27. The van der Waals surface area contributed by atoms with Crippen LogP contribution in [0, 0.1) is 0 Å². The summed E-state index contributed by atoms with van der Waals surface area (Å²) in [6.07, 6.45) is 5.35. The molecule has 0 aliphatic carbocycles. The number of piperidine rings is 1. The molecule has 0 bridgehead atoms. The molecule has 5 nitrogen and oxygen atoms in total. The minimum atomic E-state index is -0.113. The number of hydrogen-bond acceptors (Lipinski definition) is 4. The van der Waals surface area contributed by atoms with Crippen LogP contribution in [0.15, 0.2) is 47.1 Å². The fraction of sp³-hybridized carbons (Fsp3) is 0.450. The van der Waals surface area contributed by atoms with Crippen LogP contribution in [-0.4, -0.2) is 37.0 Å². The van der Waals surface area contributed by atoms with E-state index in [1.54, 1.807) is 12.3 Å². The van der Waals surface area contributed by atoms with Gasteiger partial charge >= 0.3 is 0 Å². The monoisotopic (exact) mass is 342 g/mol. The van der Waals surface area contributed by atoms with Crippen molar-refractivity contribution >= 4 is 5.91 Å². The standard InChI is InChI=1S/C20H26N2O3/c1-2-24-18-10-5-4-9-16(18)20(23)21-15-17(19-11-8-14-25-19)22-12-6-3-7-13-22/h4-5,8-11,14,17H,2-3,6-7,12-13,15H2,1H3,(H,21,23). The second-order valence-corrected chi connectivity index (χ2v) is 6.27. The zero-order chi connectivity index (χ0) is 17.5. The van der Waals surface area contributed by atoms with E-state index in [0.717, 1.165) is 18.8 Å². The molecule has 1 unspecified atom stereocenters. The maximum Gasteiger partial charge on any atom is 0.255 e. The third-order valence-electron chi connectivity index (χ3n) is 4.59. The fourth-order valence-electron chi connectivity index (χ4n) is 3.34. The van der Waals surface area contributed by atoms with Crippen LogP contribution in [0.1, 0.15) is 48.3 Å². The van der Waals surface area contributed by atoms with Gasteiger partial charge in [0, 0.05) is 6.54 Å². The highest BCUT2D eigenvalue weighted by Gasteiger charge is 2.25. The van der Waals surface area contributed by atoms with Crippen molar-refractivity contribution in [2.24, 2.45) is 0 Å². The molecule has 1 aromatic carbocycles. The molecule has 1 fully saturated rings. The van der Waals surface area contributed by atoms with Gasteiger partial charge in [0.1, 0.15) is 11.5 Å². The lowest BCUT2D eigenvalue weighted by Crippen LogP contribution is -2.40. The smallest absolute Gasteiger partial charge is 0.255 e. The van der Waals surface area contributed by atoms with Crippen LogP contribution in [-0.2, 0) is 0 Å². The molecule has 0 saturated carbocycles. The van der Waals surface area contributed by atoms with Gasteiger partial charge in [0.2, 0.25) is 0 Å². The Bertz CT molecular complexity index is 663. The number of carbonyl (C=O) groups is 1. The average Bonchev–Trinajstić information content (AvgIpc) is 3.18. The summed E-state index contributed by atoms with van der Waals surface area (Å²) < 4.78 is 11.2. The van der Waals surface area contributed by atoms with Crippen molar-refractivity contribution in [3.05, 3.63) is 54.0 Å². The molecule has 0 radical (unpaired) electrons. The number of ether oxygens (including phenoxy) is 1. The van der Waals surface area contributed by atoms with Gasteiger partial charge in [-0.15, -0.1) is 0 Å². The molecular formula is C20H26N2O3. The van der Waals surface area contributed by atoms with E-state index in [2.05, 4.69) is 10.2 Å². The summed E-state index contributed by atoms with van der Waals surface area (Å²) in [5, 5.41) is 3.06. The van der Waals surface area contributed by atoms with E-state index in [9.17, 15) is 4.79 Å². The minimum Gasteiger partial charge on any atom is -0.493 e. The first-order chi connectivity index (χ1) is 12.3. The molecule has 1 aromatic heterocycles. The molecule has 25 heavy (non-hydrogen) atoms. The van der Waals surface area contributed by atoms with Crippen molar-refractivity contribution in [3.63, 3.8) is 0 Å². The number of amides is 1. The molecule has 2 heterocycles. The largest absolute Gasteiger partial charge is 0.493 e. The number of furan rings is 1. The zero-order valence-corrected chi connectivity index (χ0v) is 14.7. The number of hydrogen-bond donors (Lipinski definition) is 1. The summed E-state index contributed by atoms with van der Waals surface area (Å²) >= 11 is 0. The lowest BCUT2D eigenvalue weighted by Gasteiger charge is -2.33. The highest BCUT2D eigenvalue weighted by Crippen LogP contribution is 2.25. The summed E-state index contributed by atoms with van der Waals surface area (Å²) in [4.78, 5) is 15.1. The van der Waals surface area contributed by atoms with Crippen LogP contribution in [0.5, 0.6) is 5.75 Å². The summed E-state index contributed by atoms with van der Waals surface area (Å²) in [6, 6.07) is 11.3. The molecule has 1 aliphatic heterocycles. The fourth-order valence-corrected chi connectivity index (χ4v) is 3.34. The van der Waals surface area contributed by atoms with Gasteiger partial charge < -0.3 is 14.5 Å². The maximum absolute atomic E-state index is 12.7. The van der Waals surface area contributed by atoms with E-state index in [0.29, 0.717) is 24.5 Å². The molecule has 1 aliphatic rings. The first-order valence-corrected chi connectivity index (χ1v) is 9.07. The Morgan fingerprint density at radius 2 is 2.00 bits per heavy atom. The summed E-state index contributed by atoms with van der Waals surface area (Å²) in [5.41, 5.74) is 0.571. The van der Waals surface area contributed by atoms with Crippen LogP contribution < -0.4 is 10.1 Å². The number of carbonyl (C=O) groups excluding carboxylic acids is 1. The number of likely N-dealkylation sites (tertiary alicyclic amines) is 1. The maximum atomic E-state index is 12.7. The number of nitrogens with one attached hydrogen (secondary N) is 1. The Balaban J connectivity index is 1.69. The van der Waals surface area contributed by atoms with Crippen molar-refractivity contribution < 1.29 is 13.9 Å². The number of para-hydroxylation sites is 1. The van der Waals surface area contributed by atoms with Crippen molar-refractivity contribution in [1.82, 2.24) is 10.2 Å². The van der Waals surface area contributed by atoms with Crippen molar-refractivity contribution in [3.8, 4) is 5.75 Å². The third-order valence-corrected chi connectivity index (χ3v) is 4.59. The van der Waals surface area contributed by atoms with E-state index in [1.807, 2.05) is 37.3 Å². The van der Waals surface area contributed by atoms with E-state index in [-0.39, 0.29) is 11.9 Å². The van der Waals surface area contributed by atoms with Crippen molar-refractivity contribution in [2.45, 2.75) is 32.2 Å². The first-order valence-electron chi connectivity index (χ1n) is 9.07. The lowest BCUT2D eigenvalue weighted by atomic mass is 10.1. The van der Waals surface area contributed by atoms with Crippen molar-refractivity contribution in [2.75, 3.05) is 26.2 Å². The molecule has 0 spiro atoms. The Hall–Kier alpha value is -2.27. The minimum absolute atomic E-state index is 0.0681. The van der Waals surface area contributed by atoms with E-state index >= 15 is 0 Å². The summed E-state index contributed by atoms with van der Waals surface area (Å²) in [6.45, 7) is 5.05. The molecule has 3 rings (SSSR count). The predicted molar refractivity (Wildman–Crippen MR) is 96.8 cm³/mol. The van der Waals surface area contributed by atoms with Crippen LogP contribution >= 0.6 is 0 Å². The Labute approximate surface area is 149 Å². The van der Waals surface area contributed by atoms with Crippen molar-refractivity contribution in [1.29, 1.82) is 0 Å². The molecular weight excluding hydrogens is 316 g/mol. The first kappa shape index (κ1) is 17.5. The Morgan fingerprint density at radius 1 is 1.20 bits per heavy atom. The third kappa shape index (κ3) is 4.42. The summed E-state index contributed by atoms with van der Waals surface area (Å²) in [7, 11) is 0. The van der Waals surface area contributed by atoms with Gasteiger partial charge in [-0.2, -0.15) is 0 Å². The van der Waals surface area contributed by atoms with Crippen LogP contribution in [0.3, 0.4) is 0 Å². The molecule has 2 aromatic rings. The molecule has 1 saturated heterocycles. The van der Waals surface area contributed by atoms with Gasteiger partial charge in [0.05, 0.1) is 24.5 Å². The van der Waals surface area contributed by atoms with Gasteiger partial charge in [-0.3, -0.25) is 9.69 Å². The van der Waals surface area contributed by atoms with Gasteiger partial charge in [-0.25, -0.2) is 0 Å². The normalized spacial score (nSPS) is 16.4. The number of rotatable bonds is 7. The SMILES string of the molecule is CCOc1ccccc1C(=O)NCC(c1ccco1)N1CCCCC1. The average molecular weight is 342 g/mol. The summed E-state index contributed by atoms with van der Waals surface area (Å²) in [5.74, 6) is 1.41. The predicted octanol–water partition coefficient (Wildman–Crippen LogP) is 3.64. The molecule has 1 atom stereocenters. The number of benzene rings is 1. The highest BCUT2D eigenvalue weighted by atomic mass is 16.5. The quantitative estimate of drug-likeness (QED) is 0.835. The highest BCUT2D eigenvalue weighted by molar-refractivity contribution is 5.96. The molecule has 1 N–H and O–H groups in total. The second kappa shape index (κ2) is 8.72. The van der Waals surface area contributed by atoms with Gasteiger partial charge in [-0.1, -0.05) is 18.6 Å². The van der Waals surface area contributed by atoms with Gasteiger partial charge in [0.15, 0.2) is 0 Å².